The Hall–Kier alpha value is -2.56. The molecule has 2 heterocycles. The topological polar surface area (TPSA) is 74.8 Å². The third kappa shape index (κ3) is 1.75. The van der Waals surface area contributed by atoms with Crippen LogP contribution >= 0.6 is 0 Å². The number of hydrogen-bond donors (Lipinski definition) is 2. The molecule has 2 aromatic rings. The maximum Gasteiger partial charge on any atom is 0.371 e. The normalized spacial score (nSPS) is 13.4. The maximum absolute atomic E-state index is 10.7. The lowest BCUT2D eigenvalue weighted by atomic mass is 10.1. The largest absolute Gasteiger partial charge is 0.475 e. The highest BCUT2D eigenvalue weighted by Gasteiger charge is 2.17. The fraction of sp³-hybridized carbons (Fsp3) is 0.0769. The smallest absolute Gasteiger partial charge is 0.371 e. The van der Waals surface area contributed by atoms with Crippen LogP contribution in [0.15, 0.2) is 45.8 Å². The minimum atomic E-state index is -1.09. The van der Waals surface area contributed by atoms with Crippen molar-refractivity contribution in [2.24, 2.45) is 4.99 Å². The Morgan fingerprint density at radius 3 is 2.89 bits per heavy atom. The second-order valence-electron chi connectivity index (χ2n) is 3.92. The molecule has 5 nitrogen and oxygen atoms in total. The van der Waals surface area contributed by atoms with Gasteiger partial charge in [-0.1, -0.05) is 18.2 Å². The van der Waals surface area contributed by atoms with E-state index in [1.165, 1.54) is 6.07 Å². The Morgan fingerprint density at radius 1 is 1.28 bits per heavy atom. The van der Waals surface area contributed by atoms with E-state index in [4.69, 9.17) is 9.52 Å². The fourth-order valence-corrected chi connectivity index (χ4v) is 1.83. The highest BCUT2D eigenvalue weighted by atomic mass is 16.4. The van der Waals surface area contributed by atoms with Crippen LogP contribution in [0.2, 0.25) is 0 Å². The van der Waals surface area contributed by atoms with E-state index < -0.39 is 5.97 Å². The Morgan fingerprint density at radius 2 is 2.11 bits per heavy atom. The summed E-state index contributed by atoms with van der Waals surface area (Å²) in [6.45, 7) is 0.557. The van der Waals surface area contributed by atoms with Gasteiger partial charge in [0.1, 0.15) is 0 Å². The van der Waals surface area contributed by atoms with Crippen molar-refractivity contribution in [1.29, 1.82) is 0 Å². The van der Waals surface area contributed by atoms with Gasteiger partial charge in [0.25, 0.3) is 0 Å². The molecule has 0 saturated carbocycles. The number of rotatable bonds is 2. The summed E-state index contributed by atoms with van der Waals surface area (Å²) < 4.78 is 5.21. The molecule has 0 radical (unpaired) electrons. The van der Waals surface area contributed by atoms with Crippen molar-refractivity contribution in [1.82, 2.24) is 0 Å². The number of carbonyl (C=O) groups is 1. The van der Waals surface area contributed by atoms with Gasteiger partial charge >= 0.3 is 5.97 Å². The van der Waals surface area contributed by atoms with Gasteiger partial charge in [-0.2, -0.15) is 0 Å². The minimum absolute atomic E-state index is 0.0895. The van der Waals surface area contributed by atoms with E-state index in [0.717, 1.165) is 11.3 Å². The van der Waals surface area contributed by atoms with Crippen molar-refractivity contribution in [2.75, 3.05) is 5.32 Å². The molecule has 0 atom stereocenters. The Labute approximate surface area is 103 Å². The molecular weight excluding hydrogens is 232 g/mol. The first kappa shape index (κ1) is 10.6. The van der Waals surface area contributed by atoms with Crippen molar-refractivity contribution < 1.29 is 14.3 Å². The summed E-state index contributed by atoms with van der Waals surface area (Å²) in [6.07, 6.45) is 0. The Balaban J connectivity index is 1.91. The van der Waals surface area contributed by atoms with Crippen LogP contribution in [0, 0.1) is 0 Å². The van der Waals surface area contributed by atoms with Crippen LogP contribution < -0.4 is 5.32 Å². The number of benzene rings is 1. The molecular formula is C13H10N2O3. The molecule has 0 unspecified atom stereocenters. The van der Waals surface area contributed by atoms with Gasteiger partial charge in [-0.3, -0.25) is 4.99 Å². The van der Waals surface area contributed by atoms with Gasteiger partial charge in [0.15, 0.2) is 11.6 Å². The van der Waals surface area contributed by atoms with Gasteiger partial charge in [0, 0.05) is 5.69 Å². The lowest BCUT2D eigenvalue weighted by Gasteiger charge is -2.16. The molecule has 1 aliphatic heterocycles. The molecule has 0 saturated heterocycles. The number of anilines is 1. The van der Waals surface area contributed by atoms with Crippen LogP contribution in [0.4, 0.5) is 5.69 Å². The summed E-state index contributed by atoms with van der Waals surface area (Å²) in [5, 5.41) is 11.9. The highest BCUT2D eigenvalue weighted by molar-refractivity contribution is 6.08. The van der Waals surface area contributed by atoms with Gasteiger partial charge in [-0.25, -0.2) is 4.79 Å². The average Bonchev–Trinajstić information content (AvgIpc) is 2.88. The molecule has 1 aliphatic rings. The lowest BCUT2D eigenvalue weighted by Crippen LogP contribution is -2.18. The molecule has 1 aromatic heterocycles. The van der Waals surface area contributed by atoms with Crippen LogP contribution in [0.5, 0.6) is 0 Å². The van der Waals surface area contributed by atoms with Crippen molar-refractivity contribution >= 4 is 17.5 Å². The predicted octanol–water partition coefficient (Wildman–Crippen LogP) is 2.35. The van der Waals surface area contributed by atoms with E-state index >= 15 is 0 Å². The van der Waals surface area contributed by atoms with Crippen LogP contribution in [-0.4, -0.2) is 16.9 Å². The number of amidine groups is 1. The maximum atomic E-state index is 10.7. The van der Waals surface area contributed by atoms with E-state index in [2.05, 4.69) is 10.3 Å². The summed E-state index contributed by atoms with van der Waals surface area (Å²) in [7, 11) is 0. The summed E-state index contributed by atoms with van der Waals surface area (Å²) in [4.78, 5) is 15.1. The minimum Gasteiger partial charge on any atom is -0.475 e. The lowest BCUT2D eigenvalue weighted by molar-refractivity contribution is 0.0662. The molecule has 18 heavy (non-hydrogen) atoms. The zero-order valence-electron chi connectivity index (χ0n) is 9.38. The number of nitrogens with zero attached hydrogens (tertiary/aromatic N) is 1. The standard InChI is InChI=1S/C13H10N2O3/c16-13(17)11-6-5-10(18-11)12-14-7-8-3-1-2-4-9(8)15-12/h1-6H,7H2,(H,14,15)(H,16,17). The number of fused-ring (bicyclic) bond motifs is 1. The summed E-state index contributed by atoms with van der Waals surface area (Å²) in [5.41, 5.74) is 2.07. The van der Waals surface area contributed by atoms with Gasteiger partial charge in [0.05, 0.1) is 6.54 Å². The summed E-state index contributed by atoms with van der Waals surface area (Å²) in [6, 6.07) is 10.8. The van der Waals surface area contributed by atoms with E-state index in [-0.39, 0.29) is 5.76 Å². The molecule has 0 aliphatic carbocycles. The van der Waals surface area contributed by atoms with Gasteiger partial charge < -0.3 is 14.8 Å². The van der Waals surface area contributed by atoms with Gasteiger partial charge in [-0.05, 0) is 23.8 Å². The Kier molecular flexibility index (Phi) is 2.37. The zero-order chi connectivity index (χ0) is 12.5. The summed E-state index contributed by atoms with van der Waals surface area (Å²) in [5.74, 6) is -0.186. The second-order valence-corrected chi connectivity index (χ2v) is 3.92. The number of nitrogens with one attached hydrogen (secondary N) is 1. The molecule has 0 bridgehead atoms. The monoisotopic (exact) mass is 242 g/mol. The van der Waals surface area contributed by atoms with E-state index in [9.17, 15) is 4.79 Å². The Bertz CT molecular complexity index is 643. The molecule has 1 aromatic carbocycles. The number of hydrogen-bond acceptors (Lipinski definition) is 4. The first-order valence-corrected chi connectivity index (χ1v) is 5.47. The molecule has 0 fully saturated rings. The van der Waals surface area contributed by atoms with Gasteiger partial charge in [-0.15, -0.1) is 0 Å². The van der Waals surface area contributed by atoms with Crippen molar-refractivity contribution in [3.8, 4) is 0 Å². The third-order valence-electron chi connectivity index (χ3n) is 2.73. The average molecular weight is 242 g/mol. The van der Waals surface area contributed by atoms with E-state index in [0.29, 0.717) is 18.1 Å². The molecule has 0 spiro atoms. The number of furan rings is 1. The zero-order valence-corrected chi connectivity index (χ0v) is 9.38. The number of para-hydroxylation sites is 1. The van der Waals surface area contributed by atoms with Crippen LogP contribution in [0.1, 0.15) is 21.9 Å². The highest BCUT2D eigenvalue weighted by Crippen LogP contribution is 2.22. The number of carboxylic acids is 1. The van der Waals surface area contributed by atoms with Crippen LogP contribution in [0.25, 0.3) is 0 Å². The molecule has 2 N–H and O–H groups in total. The number of carboxylic acid groups (broad SMARTS) is 1. The van der Waals surface area contributed by atoms with Crippen LogP contribution in [-0.2, 0) is 6.54 Å². The fourth-order valence-electron chi connectivity index (χ4n) is 1.83. The molecule has 5 heteroatoms. The second kappa shape index (κ2) is 4.03. The number of aliphatic imine (C=N–C) groups is 1. The third-order valence-corrected chi connectivity index (χ3v) is 2.73. The van der Waals surface area contributed by atoms with Gasteiger partial charge in [0.2, 0.25) is 5.76 Å². The van der Waals surface area contributed by atoms with Crippen molar-refractivity contribution in [2.45, 2.75) is 6.54 Å². The van der Waals surface area contributed by atoms with Crippen molar-refractivity contribution in [3.05, 3.63) is 53.5 Å². The molecule has 3 rings (SSSR count). The summed E-state index contributed by atoms with van der Waals surface area (Å²) >= 11 is 0. The molecule has 0 amide bonds. The SMILES string of the molecule is O=C(O)c1ccc(C2=NCc3ccccc3N2)o1. The predicted molar refractivity (Wildman–Crippen MR) is 66.0 cm³/mol. The van der Waals surface area contributed by atoms with E-state index in [1.54, 1.807) is 6.07 Å². The first-order valence-electron chi connectivity index (χ1n) is 5.47. The molecule has 90 valence electrons. The quantitative estimate of drug-likeness (QED) is 0.847. The number of aromatic carboxylic acids is 1. The van der Waals surface area contributed by atoms with Crippen LogP contribution in [0.3, 0.4) is 0 Å². The van der Waals surface area contributed by atoms with Crippen molar-refractivity contribution in [3.63, 3.8) is 0 Å². The van der Waals surface area contributed by atoms with E-state index in [1.807, 2.05) is 24.3 Å². The first-order chi connectivity index (χ1) is 8.74.